The summed E-state index contributed by atoms with van der Waals surface area (Å²) in [7, 11) is 3.45. The van der Waals surface area contributed by atoms with E-state index in [9.17, 15) is 14.9 Å². The van der Waals surface area contributed by atoms with Crippen LogP contribution in [0, 0.1) is 16.0 Å². The summed E-state index contributed by atoms with van der Waals surface area (Å²) in [5, 5.41) is 11.2. The van der Waals surface area contributed by atoms with E-state index >= 15 is 0 Å². The highest BCUT2D eigenvalue weighted by Gasteiger charge is 2.35. The van der Waals surface area contributed by atoms with Crippen molar-refractivity contribution in [3.8, 4) is 0 Å². The molecule has 1 heterocycles. The molecule has 0 atom stereocenters. The van der Waals surface area contributed by atoms with E-state index in [1.807, 2.05) is 7.05 Å². The molecule has 0 amide bonds. The number of carbonyl (C=O) groups excluding carboxylic acids is 1. The summed E-state index contributed by atoms with van der Waals surface area (Å²) >= 11 is 0. The Morgan fingerprint density at radius 3 is 2.83 bits per heavy atom. The summed E-state index contributed by atoms with van der Waals surface area (Å²) in [4.78, 5) is 24.5. The normalized spacial score (nSPS) is 23.7. The maximum atomic E-state index is 11.4. The number of rotatable bonds is 4. The van der Waals surface area contributed by atoms with Gasteiger partial charge in [0.1, 0.15) is 0 Å². The first-order valence-corrected chi connectivity index (χ1v) is 8.03. The van der Waals surface area contributed by atoms with Crippen LogP contribution < -0.4 is 0 Å². The summed E-state index contributed by atoms with van der Waals surface area (Å²) in [5.74, 6) is 0.506. The zero-order chi connectivity index (χ0) is 16.6. The van der Waals surface area contributed by atoms with Crippen molar-refractivity contribution in [1.82, 2.24) is 4.90 Å². The van der Waals surface area contributed by atoms with Crippen molar-refractivity contribution in [2.24, 2.45) is 5.92 Å². The van der Waals surface area contributed by atoms with Gasteiger partial charge in [-0.2, -0.15) is 0 Å². The van der Waals surface area contributed by atoms with E-state index in [1.165, 1.54) is 12.7 Å². The van der Waals surface area contributed by atoms with Gasteiger partial charge in [-0.25, -0.2) is 0 Å². The number of methoxy groups -OCH3 is 1. The zero-order valence-electron chi connectivity index (χ0n) is 13.6. The minimum atomic E-state index is -0.303. The Kier molecular flexibility index (Phi) is 4.35. The van der Waals surface area contributed by atoms with Crippen LogP contribution in [0.15, 0.2) is 12.1 Å². The lowest BCUT2D eigenvalue weighted by atomic mass is 9.68. The van der Waals surface area contributed by atoms with Crippen molar-refractivity contribution in [2.75, 3.05) is 20.7 Å². The number of carbonyl (C=O) groups is 1. The number of hydrogen-bond donors (Lipinski definition) is 0. The van der Waals surface area contributed by atoms with Gasteiger partial charge in [0.05, 0.1) is 12.0 Å². The number of benzene rings is 1. The fourth-order valence-corrected chi connectivity index (χ4v) is 3.80. The van der Waals surface area contributed by atoms with Crippen LogP contribution in [0.5, 0.6) is 0 Å². The van der Waals surface area contributed by atoms with Crippen LogP contribution in [-0.2, 0) is 22.5 Å². The molecule has 0 radical (unpaired) electrons. The van der Waals surface area contributed by atoms with Gasteiger partial charge in [0.25, 0.3) is 5.69 Å². The van der Waals surface area contributed by atoms with Gasteiger partial charge in [0.2, 0.25) is 0 Å². The predicted octanol–water partition coefficient (Wildman–Crippen LogP) is 2.64. The molecule has 1 saturated carbocycles. The van der Waals surface area contributed by atoms with Crippen LogP contribution in [-0.4, -0.2) is 36.5 Å². The average molecular weight is 318 g/mol. The molecule has 6 nitrogen and oxygen atoms in total. The van der Waals surface area contributed by atoms with Crippen molar-refractivity contribution >= 4 is 11.7 Å². The van der Waals surface area contributed by atoms with Gasteiger partial charge < -0.3 is 9.64 Å². The predicted molar refractivity (Wildman–Crippen MR) is 85.2 cm³/mol. The molecule has 124 valence electrons. The van der Waals surface area contributed by atoms with Gasteiger partial charge >= 0.3 is 5.97 Å². The SMILES string of the molecule is COC(=O)CC1CC(c2cc([N+](=O)[O-])cc3c2CCN(C)C3)C1. The van der Waals surface area contributed by atoms with E-state index in [1.54, 1.807) is 12.1 Å². The molecule has 1 aliphatic heterocycles. The number of nitro benzene ring substituents is 1. The molecular formula is C17H22N2O4. The topological polar surface area (TPSA) is 72.7 Å². The lowest BCUT2D eigenvalue weighted by molar-refractivity contribution is -0.385. The quantitative estimate of drug-likeness (QED) is 0.485. The number of nitrogens with zero attached hydrogens (tertiary/aromatic N) is 2. The maximum Gasteiger partial charge on any atom is 0.305 e. The number of nitro groups is 1. The first-order chi connectivity index (χ1) is 11.0. The smallest absolute Gasteiger partial charge is 0.305 e. The van der Waals surface area contributed by atoms with E-state index in [2.05, 4.69) is 4.90 Å². The molecule has 0 saturated heterocycles. The lowest BCUT2D eigenvalue weighted by Gasteiger charge is -2.38. The fraction of sp³-hybridized carbons (Fsp3) is 0.588. The number of non-ortho nitro benzene ring substituents is 1. The third-order valence-electron chi connectivity index (χ3n) is 5.11. The minimum Gasteiger partial charge on any atom is -0.469 e. The molecule has 1 aromatic rings. The third kappa shape index (κ3) is 3.22. The number of hydrogen-bond acceptors (Lipinski definition) is 5. The second kappa shape index (κ2) is 6.28. The number of likely N-dealkylation sites (N-methyl/N-ethyl adjacent to an activating group) is 1. The summed E-state index contributed by atoms with van der Waals surface area (Å²) in [6, 6.07) is 3.47. The number of esters is 1. The highest BCUT2D eigenvalue weighted by atomic mass is 16.6. The highest BCUT2D eigenvalue weighted by molar-refractivity contribution is 5.69. The largest absolute Gasteiger partial charge is 0.469 e. The molecule has 23 heavy (non-hydrogen) atoms. The summed E-state index contributed by atoms with van der Waals surface area (Å²) in [6.45, 7) is 1.75. The van der Waals surface area contributed by atoms with E-state index in [0.29, 0.717) is 18.3 Å². The van der Waals surface area contributed by atoms with Crippen molar-refractivity contribution in [3.05, 3.63) is 38.9 Å². The van der Waals surface area contributed by atoms with E-state index in [0.717, 1.165) is 43.5 Å². The first-order valence-electron chi connectivity index (χ1n) is 8.03. The second-order valence-corrected chi connectivity index (χ2v) is 6.73. The summed E-state index contributed by atoms with van der Waals surface area (Å²) < 4.78 is 4.72. The molecular weight excluding hydrogens is 296 g/mol. The molecule has 1 fully saturated rings. The molecule has 1 aromatic carbocycles. The van der Waals surface area contributed by atoms with E-state index in [-0.39, 0.29) is 16.6 Å². The van der Waals surface area contributed by atoms with E-state index < -0.39 is 0 Å². The molecule has 3 rings (SSSR count). The molecule has 0 aromatic heterocycles. The average Bonchev–Trinajstić information content (AvgIpc) is 2.48. The standard InChI is InChI=1S/C17H22N2O4/c1-18-4-3-15-13(10-18)8-14(19(21)22)9-16(15)12-5-11(6-12)7-17(20)23-2/h8-9,11-12H,3-7,10H2,1-2H3. The van der Waals surface area contributed by atoms with Gasteiger partial charge in [-0.1, -0.05) is 0 Å². The summed E-state index contributed by atoms with van der Waals surface area (Å²) in [5.41, 5.74) is 3.68. The van der Waals surface area contributed by atoms with Crippen molar-refractivity contribution in [3.63, 3.8) is 0 Å². The maximum absolute atomic E-state index is 11.4. The minimum absolute atomic E-state index is 0.170. The Labute approximate surface area is 135 Å². The molecule has 0 N–H and O–H groups in total. The van der Waals surface area contributed by atoms with Gasteiger partial charge in [0, 0.05) is 31.6 Å². The van der Waals surface area contributed by atoms with Gasteiger partial charge in [-0.3, -0.25) is 14.9 Å². The molecule has 0 spiro atoms. The first kappa shape index (κ1) is 15.9. The molecule has 0 bridgehead atoms. The zero-order valence-corrected chi connectivity index (χ0v) is 13.6. The van der Waals surface area contributed by atoms with Gasteiger partial charge in [-0.05, 0) is 54.8 Å². The van der Waals surface area contributed by atoms with Crippen LogP contribution in [0.3, 0.4) is 0 Å². The third-order valence-corrected chi connectivity index (χ3v) is 5.11. The Morgan fingerprint density at radius 1 is 1.43 bits per heavy atom. The molecule has 0 unspecified atom stereocenters. The van der Waals surface area contributed by atoms with Crippen LogP contribution in [0.25, 0.3) is 0 Å². The fourth-order valence-electron chi connectivity index (χ4n) is 3.80. The van der Waals surface area contributed by atoms with Gasteiger partial charge in [-0.15, -0.1) is 0 Å². The number of fused-ring (bicyclic) bond motifs is 1. The van der Waals surface area contributed by atoms with Crippen molar-refractivity contribution in [2.45, 2.75) is 38.1 Å². The number of ether oxygens (including phenoxy) is 1. The van der Waals surface area contributed by atoms with Crippen LogP contribution in [0.1, 0.15) is 41.9 Å². The Hall–Kier alpha value is -1.95. The Balaban J connectivity index is 1.82. The molecule has 6 heteroatoms. The highest BCUT2D eigenvalue weighted by Crippen LogP contribution is 2.46. The monoisotopic (exact) mass is 318 g/mol. The van der Waals surface area contributed by atoms with E-state index in [4.69, 9.17) is 4.74 Å². The van der Waals surface area contributed by atoms with Crippen molar-refractivity contribution < 1.29 is 14.5 Å². The van der Waals surface area contributed by atoms with Gasteiger partial charge in [0.15, 0.2) is 0 Å². The Bertz CT molecular complexity index is 638. The van der Waals surface area contributed by atoms with Crippen LogP contribution in [0.2, 0.25) is 0 Å². The van der Waals surface area contributed by atoms with Crippen molar-refractivity contribution in [1.29, 1.82) is 0 Å². The summed E-state index contributed by atoms with van der Waals surface area (Å²) in [6.07, 6.45) is 3.22. The van der Waals surface area contributed by atoms with Crippen LogP contribution in [0.4, 0.5) is 5.69 Å². The van der Waals surface area contributed by atoms with Crippen LogP contribution >= 0.6 is 0 Å². The second-order valence-electron chi connectivity index (χ2n) is 6.73. The lowest BCUT2D eigenvalue weighted by Crippen LogP contribution is -2.30. The molecule has 1 aliphatic carbocycles. The molecule has 2 aliphatic rings. The Morgan fingerprint density at radius 2 is 2.17 bits per heavy atom.